The Morgan fingerprint density at radius 3 is 1.42 bits per heavy atom. The van der Waals surface area contributed by atoms with E-state index in [1.165, 1.54) is 145 Å². The highest BCUT2D eigenvalue weighted by molar-refractivity contribution is 6.14. The molecule has 0 aromatic heterocycles. The van der Waals surface area contributed by atoms with Crippen molar-refractivity contribution in [1.29, 1.82) is 0 Å². The first kappa shape index (κ1) is 24.2. The van der Waals surface area contributed by atoms with Gasteiger partial charge >= 0.3 is 0 Å². The van der Waals surface area contributed by atoms with Crippen molar-refractivity contribution in [3.8, 4) is 0 Å². The fourth-order valence-electron chi connectivity index (χ4n) is 4.41. The molecule has 1 atom stereocenters. The summed E-state index contributed by atoms with van der Waals surface area (Å²) in [5, 5.41) is 0.355. The predicted molar refractivity (Wildman–Crippen MR) is 121 cm³/mol. The Kier molecular flexibility index (Phi) is 16.1. The van der Waals surface area contributed by atoms with Gasteiger partial charge in [0.1, 0.15) is 0 Å². The van der Waals surface area contributed by atoms with Crippen LogP contribution in [0.3, 0.4) is 0 Å². The van der Waals surface area contributed by atoms with Crippen LogP contribution in [0.5, 0.6) is 0 Å². The van der Waals surface area contributed by atoms with Crippen LogP contribution in [0.4, 0.5) is 0 Å². The van der Waals surface area contributed by atoms with Crippen LogP contribution in [-0.2, 0) is 4.74 Å². The van der Waals surface area contributed by atoms with Gasteiger partial charge in [-0.05, 0) is 25.7 Å². The summed E-state index contributed by atoms with van der Waals surface area (Å²) < 4.78 is 6.06. The molecular formula is C24H50OSi. The molecule has 1 nitrogen and oxygen atoms in total. The average molecular weight is 383 g/mol. The van der Waals surface area contributed by atoms with Crippen molar-refractivity contribution < 1.29 is 4.74 Å². The molecule has 2 heteroatoms. The van der Waals surface area contributed by atoms with Crippen molar-refractivity contribution in [3.05, 3.63) is 0 Å². The first-order chi connectivity index (χ1) is 12.8. The zero-order chi connectivity index (χ0) is 18.8. The normalized spacial score (nSPS) is 20.7. The molecule has 0 radical (unpaired) electrons. The van der Waals surface area contributed by atoms with E-state index in [1.54, 1.807) is 0 Å². The van der Waals surface area contributed by atoms with E-state index in [1.807, 2.05) is 0 Å². The van der Waals surface area contributed by atoms with Crippen LogP contribution >= 0.6 is 0 Å². The molecule has 1 fully saturated rings. The molecule has 0 spiro atoms. The maximum atomic E-state index is 6.06. The minimum atomic E-state index is 0.355. The van der Waals surface area contributed by atoms with Crippen LogP contribution in [-0.4, -0.2) is 22.1 Å². The van der Waals surface area contributed by atoms with E-state index in [9.17, 15) is 0 Å². The highest BCUT2D eigenvalue weighted by Gasteiger charge is 2.26. The molecule has 0 aromatic carbocycles. The van der Waals surface area contributed by atoms with Crippen molar-refractivity contribution in [2.75, 3.05) is 6.61 Å². The first-order valence-corrected chi connectivity index (χ1v) is 13.4. The van der Waals surface area contributed by atoms with Crippen molar-refractivity contribution in [1.82, 2.24) is 0 Å². The fraction of sp³-hybridized carbons (Fsp3) is 1.00. The summed E-state index contributed by atoms with van der Waals surface area (Å²) in [6.07, 6.45) is 30.2. The van der Waals surface area contributed by atoms with Crippen molar-refractivity contribution in [2.45, 2.75) is 147 Å². The van der Waals surface area contributed by atoms with Crippen molar-refractivity contribution in [2.24, 2.45) is 0 Å². The molecule has 0 aromatic rings. The summed E-state index contributed by atoms with van der Waals surface area (Å²) in [6.45, 7) is 3.33. The Labute approximate surface area is 168 Å². The number of hydrogen-bond donors (Lipinski definition) is 0. The van der Waals surface area contributed by atoms with Gasteiger partial charge in [0.25, 0.3) is 0 Å². The summed E-state index contributed by atoms with van der Waals surface area (Å²) in [5.41, 5.74) is 0. The second-order valence-corrected chi connectivity index (χ2v) is 11.0. The molecule has 0 amide bonds. The summed E-state index contributed by atoms with van der Waals surface area (Å²) in [6, 6.07) is 0. The van der Waals surface area contributed by atoms with Crippen LogP contribution in [0, 0.1) is 0 Å². The SMILES string of the molecule is CCCCCCCCCCCCCCCCCCCC1([SiH3])CCCCO1. The topological polar surface area (TPSA) is 9.23 Å². The van der Waals surface area contributed by atoms with Gasteiger partial charge in [0, 0.05) is 22.1 Å². The van der Waals surface area contributed by atoms with Gasteiger partial charge in [0.2, 0.25) is 0 Å². The maximum Gasteiger partial charge on any atom is 0.0486 e. The molecule has 1 heterocycles. The fourth-order valence-corrected chi connectivity index (χ4v) is 5.32. The number of rotatable bonds is 18. The number of hydrogen-bond acceptors (Lipinski definition) is 1. The second kappa shape index (κ2) is 17.3. The van der Waals surface area contributed by atoms with E-state index in [4.69, 9.17) is 4.74 Å². The van der Waals surface area contributed by atoms with E-state index in [0.29, 0.717) is 5.22 Å². The summed E-state index contributed by atoms with van der Waals surface area (Å²) >= 11 is 0. The third kappa shape index (κ3) is 14.3. The van der Waals surface area contributed by atoms with E-state index < -0.39 is 0 Å². The van der Waals surface area contributed by atoms with Gasteiger partial charge in [-0.2, -0.15) is 0 Å². The molecule has 1 aliphatic heterocycles. The lowest BCUT2D eigenvalue weighted by Crippen LogP contribution is -2.36. The third-order valence-corrected chi connectivity index (χ3v) is 7.65. The lowest BCUT2D eigenvalue weighted by Gasteiger charge is -2.34. The largest absolute Gasteiger partial charge is 0.380 e. The van der Waals surface area contributed by atoms with Crippen LogP contribution in [0.2, 0.25) is 0 Å². The maximum absolute atomic E-state index is 6.06. The molecule has 1 saturated heterocycles. The van der Waals surface area contributed by atoms with Gasteiger partial charge in [-0.25, -0.2) is 0 Å². The lowest BCUT2D eigenvalue weighted by molar-refractivity contribution is -0.0240. The summed E-state index contributed by atoms with van der Waals surface area (Å²) in [5.74, 6) is 0. The number of unbranched alkanes of at least 4 members (excludes halogenated alkanes) is 16. The summed E-state index contributed by atoms with van der Waals surface area (Å²) in [4.78, 5) is 0. The molecule has 26 heavy (non-hydrogen) atoms. The van der Waals surface area contributed by atoms with Gasteiger partial charge < -0.3 is 4.74 Å². The van der Waals surface area contributed by atoms with E-state index in [0.717, 1.165) is 6.61 Å². The molecule has 1 aliphatic rings. The minimum absolute atomic E-state index is 0.355. The van der Waals surface area contributed by atoms with E-state index in [2.05, 4.69) is 6.92 Å². The Balaban J connectivity index is 1.71. The van der Waals surface area contributed by atoms with E-state index in [-0.39, 0.29) is 0 Å². The Morgan fingerprint density at radius 2 is 1.04 bits per heavy atom. The predicted octanol–water partition coefficient (Wildman–Crippen LogP) is 7.29. The molecular weight excluding hydrogens is 332 g/mol. The molecule has 0 aliphatic carbocycles. The van der Waals surface area contributed by atoms with Gasteiger partial charge in [-0.3, -0.25) is 0 Å². The van der Waals surface area contributed by atoms with Crippen LogP contribution in [0.15, 0.2) is 0 Å². The highest BCUT2D eigenvalue weighted by Crippen LogP contribution is 2.27. The molecule has 1 unspecified atom stereocenters. The lowest BCUT2D eigenvalue weighted by atomic mass is 10.0. The second-order valence-electron chi connectivity index (χ2n) is 9.16. The first-order valence-electron chi connectivity index (χ1n) is 12.4. The quantitative estimate of drug-likeness (QED) is 0.179. The van der Waals surface area contributed by atoms with Crippen molar-refractivity contribution >= 4 is 10.2 Å². The Morgan fingerprint density at radius 1 is 0.615 bits per heavy atom. The third-order valence-electron chi connectivity index (χ3n) is 6.36. The van der Waals surface area contributed by atoms with Crippen molar-refractivity contribution in [3.63, 3.8) is 0 Å². The molecule has 0 N–H and O–H groups in total. The summed E-state index contributed by atoms with van der Waals surface area (Å²) in [7, 11) is 1.23. The Hall–Kier alpha value is 0.177. The molecule has 1 rings (SSSR count). The van der Waals surface area contributed by atoms with Gasteiger partial charge in [0.15, 0.2) is 0 Å². The van der Waals surface area contributed by atoms with Gasteiger partial charge in [-0.15, -0.1) is 0 Å². The minimum Gasteiger partial charge on any atom is -0.380 e. The van der Waals surface area contributed by atoms with Crippen LogP contribution in [0.25, 0.3) is 0 Å². The zero-order valence-electron chi connectivity index (χ0n) is 18.5. The van der Waals surface area contributed by atoms with Crippen LogP contribution in [0.1, 0.15) is 142 Å². The zero-order valence-corrected chi connectivity index (χ0v) is 20.5. The highest BCUT2D eigenvalue weighted by atomic mass is 28.1. The number of ether oxygens (including phenoxy) is 1. The molecule has 156 valence electrons. The van der Waals surface area contributed by atoms with Gasteiger partial charge in [-0.1, -0.05) is 116 Å². The standard InChI is InChI=1S/C24H50OSi/c1-2-3-4-5-6-7-8-9-10-11-12-13-14-15-16-17-18-21-24(26)22-19-20-23-25-24/h2-23H2,1,26H3. The average Bonchev–Trinajstić information content (AvgIpc) is 2.65. The Bertz CT molecular complexity index is 286. The smallest absolute Gasteiger partial charge is 0.0486 e. The van der Waals surface area contributed by atoms with Crippen LogP contribution < -0.4 is 0 Å². The van der Waals surface area contributed by atoms with E-state index >= 15 is 0 Å². The van der Waals surface area contributed by atoms with Gasteiger partial charge in [0.05, 0.1) is 0 Å². The monoisotopic (exact) mass is 382 g/mol. The molecule has 0 bridgehead atoms. The molecule has 0 saturated carbocycles.